The van der Waals surface area contributed by atoms with Gasteiger partial charge in [-0.2, -0.15) is 0 Å². The lowest BCUT2D eigenvalue weighted by Crippen LogP contribution is -3.00. The molecule has 26 heavy (non-hydrogen) atoms. The number of piperidine rings is 1. The monoisotopic (exact) mass is 427 g/mol. The first kappa shape index (κ1) is 21.2. The third-order valence-electron chi connectivity index (χ3n) is 6.61. The van der Waals surface area contributed by atoms with Gasteiger partial charge in [-0.3, -0.25) is 4.79 Å². The number of carbonyl (C=O) groups is 1. The Balaban J connectivity index is 0.00000243. The summed E-state index contributed by atoms with van der Waals surface area (Å²) in [5, 5.41) is 19.3. The van der Waals surface area contributed by atoms with Crippen molar-refractivity contribution in [1.82, 2.24) is 0 Å². The molecule has 3 atom stereocenters. The number of fused-ring (bicyclic) bond motifs is 2. The highest BCUT2D eigenvalue weighted by atomic mass is 79.9. The Labute approximate surface area is 166 Å². The van der Waals surface area contributed by atoms with Gasteiger partial charge in [0.05, 0.1) is 31.8 Å². The molecule has 2 saturated heterocycles. The third-order valence-corrected chi connectivity index (χ3v) is 6.61. The zero-order valence-corrected chi connectivity index (χ0v) is 17.4. The molecular formula is C20H30BrNO4. The van der Waals surface area contributed by atoms with E-state index in [-0.39, 0.29) is 35.4 Å². The highest BCUT2D eigenvalue weighted by Crippen LogP contribution is 2.44. The maximum Gasteiger partial charge on any atom is 0.316 e. The maximum atomic E-state index is 12.6. The molecule has 0 aliphatic carbocycles. The molecule has 2 bridgehead atoms. The number of nitrogens with zero attached hydrogens (tertiary/aromatic N) is 1. The summed E-state index contributed by atoms with van der Waals surface area (Å²) in [4.78, 5) is 12.6. The van der Waals surface area contributed by atoms with Crippen LogP contribution in [0.5, 0.6) is 5.75 Å². The molecule has 6 heteroatoms. The summed E-state index contributed by atoms with van der Waals surface area (Å²) in [6.07, 6.45) is 4.12. The largest absolute Gasteiger partial charge is 1.00 e. The van der Waals surface area contributed by atoms with Gasteiger partial charge in [-0.1, -0.05) is 12.1 Å². The van der Waals surface area contributed by atoms with E-state index in [1.807, 2.05) is 0 Å². The summed E-state index contributed by atoms with van der Waals surface area (Å²) in [5.41, 5.74) is 0.592. The van der Waals surface area contributed by atoms with Crippen LogP contribution in [-0.2, 0) is 9.53 Å². The summed E-state index contributed by atoms with van der Waals surface area (Å²) in [6.45, 7) is 4.24. The van der Waals surface area contributed by atoms with Crippen molar-refractivity contribution >= 4 is 5.97 Å². The summed E-state index contributed by atoms with van der Waals surface area (Å²) >= 11 is 0. The van der Waals surface area contributed by atoms with Crippen LogP contribution in [-0.4, -0.2) is 58.5 Å². The van der Waals surface area contributed by atoms with Crippen molar-refractivity contribution < 1.29 is 41.2 Å². The molecule has 1 aromatic carbocycles. The van der Waals surface area contributed by atoms with Crippen LogP contribution in [0.4, 0.5) is 0 Å². The van der Waals surface area contributed by atoms with Crippen LogP contribution >= 0.6 is 0 Å². The van der Waals surface area contributed by atoms with E-state index in [9.17, 15) is 15.0 Å². The Bertz CT molecular complexity index is 622. The molecule has 0 spiro atoms. The Hall–Kier alpha value is -1.11. The Morgan fingerprint density at radius 3 is 2.38 bits per heavy atom. The number of phenols is 1. The van der Waals surface area contributed by atoms with E-state index in [0.717, 1.165) is 17.3 Å². The van der Waals surface area contributed by atoms with Gasteiger partial charge in [0.15, 0.2) is 0 Å². The number of esters is 1. The molecule has 0 amide bonds. The fourth-order valence-corrected chi connectivity index (χ4v) is 4.88. The number of hydrogen-bond donors (Lipinski definition) is 2. The third kappa shape index (κ3) is 3.78. The van der Waals surface area contributed by atoms with E-state index in [1.54, 1.807) is 18.2 Å². The number of aliphatic hydroxyl groups excluding tert-OH is 1. The Kier molecular flexibility index (Phi) is 6.75. The number of halogens is 1. The topological polar surface area (TPSA) is 66.8 Å². The number of aliphatic hydroxyl groups is 1. The molecule has 1 aromatic rings. The van der Waals surface area contributed by atoms with Gasteiger partial charge in [0.25, 0.3) is 0 Å². The van der Waals surface area contributed by atoms with E-state index < -0.39 is 11.9 Å². The maximum absolute atomic E-state index is 12.6. The van der Waals surface area contributed by atoms with Crippen LogP contribution in [0.1, 0.15) is 51.0 Å². The van der Waals surface area contributed by atoms with Crippen LogP contribution in [0.2, 0.25) is 0 Å². The molecule has 5 nitrogen and oxygen atoms in total. The lowest BCUT2D eigenvalue weighted by molar-refractivity contribution is -0.968. The van der Waals surface area contributed by atoms with Crippen LogP contribution in [0, 0.1) is 0 Å². The lowest BCUT2D eigenvalue weighted by Gasteiger charge is -2.49. The van der Waals surface area contributed by atoms with Gasteiger partial charge in [0.1, 0.15) is 17.8 Å². The number of quaternary nitrogens is 1. The molecule has 2 aliphatic rings. The summed E-state index contributed by atoms with van der Waals surface area (Å²) in [7, 11) is 2.34. The van der Waals surface area contributed by atoms with Gasteiger partial charge < -0.3 is 36.4 Å². The van der Waals surface area contributed by atoms with Crippen LogP contribution in [0.25, 0.3) is 0 Å². The van der Waals surface area contributed by atoms with Gasteiger partial charge in [-0.05, 0) is 31.5 Å². The number of rotatable bonds is 5. The zero-order chi connectivity index (χ0) is 18.2. The molecule has 2 heterocycles. The minimum absolute atomic E-state index is 0. The normalized spacial score (nSPS) is 31.3. The second-order valence-electron chi connectivity index (χ2n) is 8.06. The molecule has 3 rings (SSSR count). The van der Waals surface area contributed by atoms with Crippen molar-refractivity contribution in [3.63, 3.8) is 0 Å². The number of aromatic hydroxyl groups is 1. The summed E-state index contributed by atoms with van der Waals surface area (Å²) < 4.78 is 6.89. The molecular weight excluding hydrogens is 398 g/mol. The average Bonchev–Trinajstić information content (AvgIpc) is 2.74. The minimum Gasteiger partial charge on any atom is -1.00 e. The van der Waals surface area contributed by atoms with Crippen molar-refractivity contribution in [2.45, 2.75) is 69.7 Å². The van der Waals surface area contributed by atoms with Gasteiger partial charge >= 0.3 is 5.97 Å². The number of hydrogen-bond acceptors (Lipinski definition) is 4. The zero-order valence-electron chi connectivity index (χ0n) is 15.8. The van der Waals surface area contributed by atoms with Gasteiger partial charge in [0, 0.05) is 25.7 Å². The molecule has 0 saturated carbocycles. The van der Waals surface area contributed by atoms with E-state index in [0.29, 0.717) is 23.7 Å². The summed E-state index contributed by atoms with van der Waals surface area (Å²) in [6, 6.07) is 8.14. The molecule has 146 valence electrons. The van der Waals surface area contributed by atoms with Gasteiger partial charge in [-0.15, -0.1) is 0 Å². The fourth-order valence-electron chi connectivity index (χ4n) is 4.88. The Morgan fingerprint density at radius 2 is 1.88 bits per heavy atom. The van der Waals surface area contributed by atoms with Crippen LogP contribution in [0.3, 0.4) is 0 Å². The smallest absolute Gasteiger partial charge is 0.316 e. The molecule has 0 aromatic heterocycles. The first-order chi connectivity index (χ1) is 11.9. The Morgan fingerprint density at radius 1 is 1.27 bits per heavy atom. The standard InChI is InChI=1S/C20H29NO4.BrH/c1-13(2)21(3)15-7-8-16(21)11-18(10-15)25-20(24)19(12-22)14-5-4-6-17(23)9-14;/h4-6,9,13,15-16,18-19,22H,7-8,10-12H2,1-3H3;1H. The first-order valence-corrected chi connectivity index (χ1v) is 9.32. The van der Waals surface area contributed by atoms with Crippen molar-refractivity contribution in [3.8, 4) is 5.75 Å². The predicted octanol–water partition coefficient (Wildman–Crippen LogP) is -0.436. The van der Waals surface area contributed by atoms with E-state index in [2.05, 4.69) is 20.9 Å². The van der Waals surface area contributed by atoms with Crippen LogP contribution < -0.4 is 17.0 Å². The predicted molar refractivity (Wildman–Crippen MR) is 95.2 cm³/mol. The van der Waals surface area contributed by atoms with Crippen molar-refractivity contribution in [3.05, 3.63) is 29.8 Å². The average molecular weight is 428 g/mol. The highest BCUT2D eigenvalue weighted by Gasteiger charge is 2.53. The number of benzene rings is 1. The van der Waals surface area contributed by atoms with E-state index in [1.165, 1.54) is 18.9 Å². The first-order valence-electron chi connectivity index (χ1n) is 9.32. The molecule has 2 aliphatic heterocycles. The molecule has 3 unspecified atom stereocenters. The van der Waals surface area contributed by atoms with Crippen molar-refractivity contribution in [2.24, 2.45) is 0 Å². The molecule has 0 radical (unpaired) electrons. The highest BCUT2D eigenvalue weighted by molar-refractivity contribution is 5.78. The fraction of sp³-hybridized carbons (Fsp3) is 0.650. The van der Waals surface area contributed by atoms with E-state index >= 15 is 0 Å². The molecule has 2 N–H and O–H groups in total. The SMILES string of the molecule is CC(C)[N+]1(C)C2CCC1CC(OC(=O)C(CO)c1cccc(O)c1)C2.[Br-]. The summed E-state index contributed by atoms with van der Waals surface area (Å²) in [5.74, 6) is -1.04. The quantitative estimate of drug-likeness (QED) is 0.493. The lowest BCUT2D eigenvalue weighted by atomic mass is 9.94. The van der Waals surface area contributed by atoms with Gasteiger partial charge in [0.2, 0.25) is 0 Å². The van der Waals surface area contributed by atoms with Crippen molar-refractivity contribution in [1.29, 1.82) is 0 Å². The second-order valence-corrected chi connectivity index (χ2v) is 8.06. The molecule has 2 fully saturated rings. The number of ether oxygens (including phenoxy) is 1. The second kappa shape index (κ2) is 8.28. The van der Waals surface area contributed by atoms with Gasteiger partial charge in [-0.25, -0.2) is 0 Å². The minimum atomic E-state index is -0.738. The van der Waals surface area contributed by atoms with Crippen LogP contribution in [0.15, 0.2) is 24.3 Å². The van der Waals surface area contributed by atoms with Crippen molar-refractivity contribution in [2.75, 3.05) is 13.7 Å². The van der Waals surface area contributed by atoms with E-state index in [4.69, 9.17) is 4.74 Å². The number of phenolic OH excluding ortho intramolecular Hbond substituents is 1. The number of carbonyl (C=O) groups excluding carboxylic acids is 1.